The van der Waals surface area contributed by atoms with Crippen LogP contribution in [-0.2, 0) is 4.74 Å². The molecule has 0 N–H and O–H groups in total. The smallest absolute Gasteiger partial charge is 0.0594 e. The Morgan fingerprint density at radius 1 is 1.09 bits per heavy atom. The lowest BCUT2D eigenvalue weighted by molar-refractivity contribution is 0.0435. The van der Waals surface area contributed by atoms with E-state index in [2.05, 4.69) is 48.2 Å². The van der Waals surface area contributed by atoms with E-state index >= 15 is 0 Å². The van der Waals surface area contributed by atoms with Gasteiger partial charge in [-0.2, -0.15) is 0 Å². The predicted molar refractivity (Wildman–Crippen MR) is 97.8 cm³/mol. The van der Waals surface area contributed by atoms with Gasteiger partial charge in [-0.3, -0.25) is 4.90 Å². The molecule has 0 saturated carbocycles. The van der Waals surface area contributed by atoms with Crippen LogP contribution in [0, 0.1) is 0 Å². The first-order valence-corrected chi connectivity index (χ1v) is 8.44. The lowest BCUT2D eigenvalue weighted by atomic mass is 10.0. The maximum Gasteiger partial charge on any atom is 0.0594 e. The van der Waals surface area contributed by atoms with E-state index in [1.165, 1.54) is 11.1 Å². The van der Waals surface area contributed by atoms with Crippen LogP contribution in [0.5, 0.6) is 0 Å². The summed E-state index contributed by atoms with van der Waals surface area (Å²) in [5, 5.41) is 0.792. The third-order valence-corrected chi connectivity index (χ3v) is 4.61. The summed E-state index contributed by atoms with van der Waals surface area (Å²) in [6, 6.07) is 16.6. The first-order chi connectivity index (χ1) is 11.2. The molecule has 3 rings (SSSR count). The summed E-state index contributed by atoms with van der Waals surface area (Å²) in [5.74, 6) is 0. The molecule has 0 amide bonds. The number of nitrogens with zero attached hydrogens (tertiary/aromatic N) is 1. The number of halogens is 1. The Hall–Kier alpha value is -1.61. The van der Waals surface area contributed by atoms with E-state index in [4.69, 9.17) is 16.3 Å². The van der Waals surface area contributed by atoms with Crippen molar-refractivity contribution in [2.45, 2.75) is 6.92 Å². The van der Waals surface area contributed by atoms with Crippen LogP contribution in [0.25, 0.3) is 16.7 Å². The second kappa shape index (κ2) is 7.78. The number of allylic oxidation sites excluding steroid dienone is 1. The molecule has 1 saturated heterocycles. The van der Waals surface area contributed by atoms with E-state index in [9.17, 15) is 0 Å². The molecule has 0 spiro atoms. The van der Waals surface area contributed by atoms with Gasteiger partial charge in [0, 0.05) is 30.2 Å². The van der Waals surface area contributed by atoms with E-state index in [0.29, 0.717) is 0 Å². The van der Waals surface area contributed by atoms with Crippen molar-refractivity contribution < 1.29 is 4.74 Å². The first kappa shape index (κ1) is 16.3. The van der Waals surface area contributed by atoms with Crippen LogP contribution in [0.15, 0.2) is 54.6 Å². The van der Waals surface area contributed by atoms with Crippen LogP contribution in [0.1, 0.15) is 12.5 Å². The third kappa shape index (κ3) is 4.23. The van der Waals surface area contributed by atoms with Crippen molar-refractivity contribution in [1.82, 2.24) is 4.90 Å². The van der Waals surface area contributed by atoms with Gasteiger partial charge in [0.15, 0.2) is 0 Å². The predicted octanol–water partition coefficient (Wildman–Crippen LogP) is 4.74. The molecule has 1 aliphatic rings. The maximum absolute atomic E-state index is 6.27. The standard InChI is InChI=1S/C20H22ClNO/c1-16(10-11-22-12-14-23-15-13-22)17-6-8-18(9-7-17)19-4-2-3-5-20(19)21/h2-10H,11-15H2,1H3/b16-10-. The molecule has 1 heterocycles. The van der Waals surface area contributed by atoms with E-state index in [1.54, 1.807) is 0 Å². The summed E-state index contributed by atoms with van der Waals surface area (Å²) in [5.41, 5.74) is 4.80. The number of benzene rings is 2. The fraction of sp³-hybridized carbons (Fsp3) is 0.300. The minimum atomic E-state index is 0.792. The Labute approximate surface area is 143 Å². The van der Waals surface area contributed by atoms with Gasteiger partial charge in [-0.1, -0.05) is 60.1 Å². The molecule has 2 aromatic carbocycles. The summed E-state index contributed by atoms with van der Waals surface area (Å²) < 4.78 is 5.38. The molecule has 0 radical (unpaired) electrons. The Morgan fingerprint density at radius 3 is 2.48 bits per heavy atom. The second-order valence-corrected chi connectivity index (χ2v) is 6.26. The summed E-state index contributed by atoms with van der Waals surface area (Å²) in [6.07, 6.45) is 2.30. The molecule has 23 heavy (non-hydrogen) atoms. The second-order valence-electron chi connectivity index (χ2n) is 5.86. The minimum absolute atomic E-state index is 0.792. The minimum Gasteiger partial charge on any atom is -0.379 e. The van der Waals surface area contributed by atoms with Crippen molar-refractivity contribution in [1.29, 1.82) is 0 Å². The van der Waals surface area contributed by atoms with Crippen LogP contribution >= 0.6 is 11.6 Å². The van der Waals surface area contributed by atoms with Crippen LogP contribution in [-0.4, -0.2) is 37.7 Å². The summed E-state index contributed by atoms with van der Waals surface area (Å²) in [7, 11) is 0. The summed E-state index contributed by atoms with van der Waals surface area (Å²) in [6.45, 7) is 6.90. The van der Waals surface area contributed by atoms with Crippen molar-refractivity contribution in [2.75, 3.05) is 32.8 Å². The molecule has 3 heteroatoms. The highest BCUT2D eigenvalue weighted by Crippen LogP contribution is 2.28. The Balaban J connectivity index is 1.70. The molecule has 0 bridgehead atoms. The van der Waals surface area contributed by atoms with Gasteiger partial charge >= 0.3 is 0 Å². The Kier molecular flexibility index (Phi) is 5.50. The molecular formula is C20H22ClNO. The van der Waals surface area contributed by atoms with Crippen LogP contribution in [0.3, 0.4) is 0 Å². The highest BCUT2D eigenvalue weighted by atomic mass is 35.5. The zero-order valence-electron chi connectivity index (χ0n) is 13.5. The van der Waals surface area contributed by atoms with Crippen molar-refractivity contribution >= 4 is 17.2 Å². The van der Waals surface area contributed by atoms with Gasteiger partial charge in [0.25, 0.3) is 0 Å². The highest BCUT2D eigenvalue weighted by molar-refractivity contribution is 6.33. The number of hydrogen-bond acceptors (Lipinski definition) is 2. The van der Waals surface area contributed by atoms with Gasteiger partial charge in [-0.25, -0.2) is 0 Å². The monoisotopic (exact) mass is 327 g/mol. The molecule has 0 aliphatic carbocycles. The molecule has 0 unspecified atom stereocenters. The van der Waals surface area contributed by atoms with E-state index in [1.807, 2.05) is 18.2 Å². The lowest BCUT2D eigenvalue weighted by Crippen LogP contribution is -2.36. The van der Waals surface area contributed by atoms with Crippen LogP contribution in [0.4, 0.5) is 0 Å². The van der Waals surface area contributed by atoms with Gasteiger partial charge in [-0.05, 0) is 29.7 Å². The van der Waals surface area contributed by atoms with Crippen LogP contribution in [0.2, 0.25) is 5.02 Å². The van der Waals surface area contributed by atoms with Crippen molar-refractivity contribution in [2.24, 2.45) is 0 Å². The highest BCUT2D eigenvalue weighted by Gasteiger charge is 2.08. The van der Waals surface area contributed by atoms with E-state index in [-0.39, 0.29) is 0 Å². The first-order valence-electron chi connectivity index (χ1n) is 8.06. The molecule has 1 aliphatic heterocycles. The number of morpholine rings is 1. The number of rotatable bonds is 4. The van der Waals surface area contributed by atoms with Crippen LogP contribution < -0.4 is 0 Å². The molecule has 2 nitrogen and oxygen atoms in total. The largest absolute Gasteiger partial charge is 0.379 e. The quantitative estimate of drug-likeness (QED) is 0.804. The normalized spacial score (nSPS) is 16.5. The Bertz CT molecular complexity index is 672. The molecule has 0 aromatic heterocycles. The third-order valence-electron chi connectivity index (χ3n) is 4.28. The van der Waals surface area contributed by atoms with Gasteiger partial charge in [-0.15, -0.1) is 0 Å². The molecule has 0 atom stereocenters. The fourth-order valence-electron chi connectivity index (χ4n) is 2.78. The summed E-state index contributed by atoms with van der Waals surface area (Å²) in [4.78, 5) is 2.42. The SMILES string of the molecule is C/C(=C/CN1CCOCC1)c1ccc(-c2ccccc2Cl)cc1. The van der Waals surface area contributed by atoms with Crippen molar-refractivity contribution in [3.63, 3.8) is 0 Å². The lowest BCUT2D eigenvalue weighted by Gasteiger charge is -2.25. The van der Waals surface area contributed by atoms with Gasteiger partial charge in [0.1, 0.15) is 0 Å². The number of hydrogen-bond donors (Lipinski definition) is 0. The summed E-state index contributed by atoms with van der Waals surface area (Å²) >= 11 is 6.27. The molecular weight excluding hydrogens is 306 g/mol. The molecule has 2 aromatic rings. The topological polar surface area (TPSA) is 12.5 Å². The van der Waals surface area contributed by atoms with E-state index in [0.717, 1.165) is 49.0 Å². The maximum atomic E-state index is 6.27. The molecule has 1 fully saturated rings. The van der Waals surface area contributed by atoms with Gasteiger partial charge in [0.2, 0.25) is 0 Å². The van der Waals surface area contributed by atoms with Crippen molar-refractivity contribution in [3.05, 3.63) is 65.2 Å². The average molecular weight is 328 g/mol. The zero-order valence-corrected chi connectivity index (χ0v) is 14.2. The molecule has 120 valence electrons. The fourth-order valence-corrected chi connectivity index (χ4v) is 3.02. The van der Waals surface area contributed by atoms with E-state index < -0.39 is 0 Å². The van der Waals surface area contributed by atoms with Crippen molar-refractivity contribution in [3.8, 4) is 11.1 Å². The number of ether oxygens (including phenoxy) is 1. The van der Waals surface area contributed by atoms with Gasteiger partial charge < -0.3 is 4.74 Å². The Morgan fingerprint density at radius 2 is 1.78 bits per heavy atom. The average Bonchev–Trinajstić information content (AvgIpc) is 2.61. The zero-order chi connectivity index (χ0) is 16.1. The van der Waals surface area contributed by atoms with Gasteiger partial charge in [0.05, 0.1) is 13.2 Å².